The molecule has 0 bridgehead atoms. The first-order valence-corrected chi connectivity index (χ1v) is 11.7. The molecule has 0 aliphatic carbocycles. The molecule has 3 rings (SSSR count). The van der Waals surface area contributed by atoms with Gasteiger partial charge in [-0.3, -0.25) is 4.79 Å². The zero-order valence-electron chi connectivity index (χ0n) is 20.2. The normalized spacial score (nSPS) is 12.7. The molecule has 0 unspecified atom stereocenters. The average Bonchev–Trinajstić information content (AvgIpc) is 2.84. The van der Waals surface area contributed by atoms with Crippen molar-refractivity contribution in [3.63, 3.8) is 0 Å². The predicted octanol–water partition coefficient (Wildman–Crippen LogP) is 2.53. The topological polar surface area (TPSA) is 130 Å². The van der Waals surface area contributed by atoms with Crippen molar-refractivity contribution in [1.82, 2.24) is 15.6 Å². The van der Waals surface area contributed by atoms with Crippen LogP contribution < -0.4 is 21.1 Å². The van der Waals surface area contributed by atoms with Gasteiger partial charge in [0.15, 0.2) is 11.5 Å². The third-order valence-corrected chi connectivity index (χ3v) is 5.73. The molecule has 0 aliphatic heterocycles. The van der Waals surface area contributed by atoms with E-state index in [1.165, 1.54) is 7.11 Å². The van der Waals surface area contributed by atoms with Gasteiger partial charge in [-0.05, 0) is 54.7 Å². The number of nitrogen functional groups attached to an aromatic ring is 1. The fourth-order valence-corrected chi connectivity index (χ4v) is 3.81. The molecular weight excluding hydrogens is 444 g/mol. The zero-order valence-corrected chi connectivity index (χ0v) is 20.2. The number of rotatable bonds is 12. The van der Waals surface area contributed by atoms with E-state index in [4.69, 9.17) is 10.5 Å². The van der Waals surface area contributed by atoms with Gasteiger partial charge in [-0.1, -0.05) is 36.4 Å². The van der Waals surface area contributed by atoms with Crippen LogP contribution in [0.4, 0.5) is 5.82 Å². The van der Waals surface area contributed by atoms with Crippen LogP contribution in [0.25, 0.3) is 0 Å². The minimum Gasteiger partial charge on any atom is -0.504 e. The number of pyridine rings is 1. The Morgan fingerprint density at radius 3 is 2.66 bits per heavy atom. The fraction of sp³-hybridized carbons (Fsp3) is 0.333. The van der Waals surface area contributed by atoms with Crippen LogP contribution in [0, 0.1) is 0 Å². The van der Waals surface area contributed by atoms with Gasteiger partial charge in [-0.2, -0.15) is 0 Å². The van der Waals surface area contributed by atoms with Gasteiger partial charge < -0.3 is 31.3 Å². The molecule has 0 saturated carbocycles. The van der Waals surface area contributed by atoms with Crippen molar-refractivity contribution in [3.05, 3.63) is 83.0 Å². The van der Waals surface area contributed by atoms with Crippen LogP contribution in [0.15, 0.2) is 60.8 Å². The highest BCUT2D eigenvalue weighted by Gasteiger charge is 2.11. The van der Waals surface area contributed by atoms with E-state index in [0.29, 0.717) is 37.5 Å². The summed E-state index contributed by atoms with van der Waals surface area (Å²) in [7, 11) is 1.51. The number of aromatic hydroxyl groups is 1. The number of hydrogen-bond donors (Lipinski definition) is 5. The smallest absolute Gasteiger partial charge is 0.224 e. The Bertz CT molecular complexity index is 1100. The van der Waals surface area contributed by atoms with Gasteiger partial charge in [-0.25, -0.2) is 4.98 Å². The first-order valence-electron chi connectivity index (χ1n) is 11.7. The van der Waals surface area contributed by atoms with Crippen molar-refractivity contribution in [2.45, 2.75) is 38.3 Å². The van der Waals surface area contributed by atoms with Gasteiger partial charge in [0, 0.05) is 30.9 Å². The number of phenolic OH excluding ortho intramolecular Hbond substituents is 1. The molecule has 6 N–H and O–H groups in total. The zero-order chi connectivity index (χ0) is 25.2. The summed E-state index contributed by atoms with van der Waals surface area (Å²) in [5.41, 5.74) is 9.36. The lowest BCUT2D eigenvalue weighted by Crippen LogP contribution is -2.32. The van der Waals surface area contributed by atoms with Crippen molar-refractivity contribution < 1.29 is 19.7 Å². The molecule has 8 nitrogen and oxygen atoms in total. The van der Waals surface area contributed by atoms with E-state index in [1.807, 2.05) is 30.3 Å². The lowest BCUT2D eigenvalue weighted by atomic mass is 10.0. The Morgan fingerprint density at radius 2 is 1.91 bits per heavy atom. The molecule has 1 amide bonds. The number of methoxy groups -OCH3 is 1. The number of carbonyl (C=O) groups excluding carboxylic acids is 1. The lowest BCUT2D eigenvalue weighted by molar-refractivity contribution is -0.120. The highest BCUT2D eigenvalue weighted by atomic mass is 16.5. The molecule has 1 aromatic heterocycles. The van der Waals surface area contributed by atoms with Crippen molar-refractivity contribution >= 4 is 11.7 Å². The molecular formula is C27H34N4O4. The van der Waals surface area contributed by atoms with Crippen molar-refractivity contribution in [2.24, 2.45) is 0 Å². The summed E-state index contributed by atoms with van der Waals surface area (Å²) < 4.78 is 5.12. The number of aromatic nitrogens is 1. The van der Waals surface area contributed by atoms with Gasteiger partial charge in [-0.15, -0.1) is 0 Å². The van der Waals surface area contributed by atoms with Crippen molar-refractivity contribution in [3.8, 4) is 11.5 Å². The van der Waals surface area contributed by atoms with E-state index in [2.05, 4.69) is 22.5 Å². The molecule has 0 saturated heterocycles. The minimum atomic E-state index is -0.664. The second kappa shape index (κ2) is 12.7. The first-order chi connectivity index (χ1) is 16.8. The number of anilines is 1. The molecule has 0 spiro atoms. The molecule has 186 valence electrons. The van der Waals surface area contributed by atoms with Crippen LogP contribution in [0.5, 0.6) is 11.5 Å². The van der Waals surface area contributed by atoms with Crippen LogP contribution in [-0.2, 0) is 24.1 Å². The maximum Gasteiger partial charge on any atom is 0.224 e. The van der Waals surface area contributed by atoms with Crippen molar-refractivity contribution in [2.75, 3.05) is 25.9 Å². The van der Waals surface area contributed by atoms with E-state index in [1.54, 1.807) is 30.5 Å². The summed E-state index contributed by atoms with van der Waals surface area (Å²) in [5.74, 6) is 0.902. The molecule has 0 aliphatic rings. The van der Waals surface area contributed by atoms with Crippen LogP contribution in [-0.4, -0.2) is 47.3 Å². The van der Waals surface area contributed by atoms with Gasteiger partial charge in [0.25, 0.3) is 0 Å². The maximum atomic E-state index is 12.4. The predicted molar refractivity (Wildman–Crippen MR) is 136 cm³/mol. The van der Waals surface area contributed by atoms with E-state index in [0.717, 1.165) is 28.7 Å². The van der Waals surface area contributed by atoms with Crippen LogP contribution in [0.2, 0.25) is 0 Å². The van der Waals surface area contributed by atoms with Crippen LogP contribution in [0.3, 0.4) is 0 Å². The Balaban J connectivity index is 1.43. The summed E-state index contributed by atoms with van der Waals surface area (Å²) in [5, 5.41) is 26.3. The van der Waals surface area contributed by atoms with Gasteiger partial charge in [0.05, 0.1) is 19.6 Å². The molecule has 1 heterocycles. The summed E-state index contributed by atoms with van der Waals surface area (Å²) in [6.07, 6.45) is 2.64. The monoisotopic (exact) mass is 478 g/mol. The standard InChI is InChI=1S/C27H34N4O4/c1-18(30-17-24(33)22-7-9-26(28)31-16-22)12-20-4-3-5-21(13-20)15-27(34)29-11-10-19-6-8-23(32)25(14-19)35-2/h3-9,13-14,16,18,24,30,32-33H,10-12,15,17H2,1-2H3,(H2,28,31)(H,29,34)/t18-,24+/m1/s1. The number of hydrogen-bond acceptors (Lipinski definition) is 7. The van der Waals surface area contributed by atoms with Gasteiger partial charge >= 0.3 is 0 Å². The Labute approximate surface area is 206 Å². The fourth-order valence-electron chi connectivity index (χ4n) is 3.81. The second-order valence-corrected chi connectivity index (χ2v) is 8.65. The number of nitrogens with zero attached hydrogens (tertiary/aromatic N) is 1. The number of ether oxygens (including phenoxy) is 1. The third-order valence-electron chi connectivity index (χ3n) is 5.73. The molecule has 35 heavy (non-hydrogen) atoms. The number of carbonyl (C=O) groups is 1. The molecule has 3 aromatic rings. The van der Waals surface area contributed by atoms with Crippen LogP contribution in [0.1, 0.15) is 35.3 Å². The Hall–Kier alpha value is -3.62. The van der Waals surface area contributed by atoms with Crippen molar-refractivity contribution in [1.29, 1.82) is 0 Å². The number of aliphatic hydroxyl groups excluding tert-OH is 1. The highest BCUT2D eigenvalue weighted by molar-refractivity contribution is 5.78. The van der Waals surface area contributed by atoms with Crippen LogP contribution >= 0.6 is 0 Å². The largest absolute Gasteiger partial charge is 0.504 e. The molecule has 0 radical (unpaired) electrons. The van der Waals surface area contributed by atoms with E-state index in [9.17, 15) is 15.0 Å². The molecule has 2 aromatic carbocycles. The Kier molecular flexibility index (Phi) is 9.46. The summed E-state index contributed by atoms with van der Waals surface area (Å²) >= 11 is 0. The molecule has 0 fully saturated rings. The SMILES string of the molecule is COc1cc(CCNC(=O)Cc2cccc(C[C@@H](C)NC[C@H](O)c3ccc(N)nc3)c2)ccc1O. The first kappa shape index (κ1) is 26.0. The number of amides is 1. The number of aliphatic hydroxyl groups is 1. The third kappa shape index (κ3) is 8.27. The quantitative estimate of drug-likeness (QED) is 0.270. The minimum absolute atomic E-state index is 0.0423. The molecule has 8 heteroatoms. The van der Waals surface area contributed by atoms with E-state index < -0.39 is 6.10 Å². The number of benzene rings is 2. The highest BCUT2D eigenvalue weighted by Crippen LogP contribution is 2.26. The van der Waals surface area contributed by atoms with Gasteiger partial charge in [0.1, 0.15) is 5.82 Å². The molecule has 2 atom stereocenters. The summed E-state index contributed by atoms with van der Waals surface area (Å²) in [6.45, 7) is 2.96. The Morgan fingerprint density at radius 1 is 1.11 bits per heavy atom. The lowest BCUT2D eigenvalue weighted by Gasteiger charge is -2.18. The maximum absolute atomic E-state index is 12.4. The summed E-state index contributed by atoms with van der Waals surface area (Å²) in [6, 6.07) is 16.8. The van der Waals surface area contributed by atoms with E-state index in [-0.39, 0.29) is 17.7 Å². The average molecular weight is 479 g/mol. The number of nitrogens with one attached hydrogen (secondary N) is 2. The summed E-state index contributed by atoms with van der Waals surface area (Å²) in [4.78, 5) is 16.4. The second-order valence-electron chi connectivity index (χ2n) is 8.65. The number of phenols is 1. The number of nitrogens with two attached hydrogens (primary N) is 1. The van der Waals surface area contributed by atoms with E-state index >= 15 is 0 Å². The van der Waals surface area contributed by atoms with Gasteiger partial charge in [0.2, 0.25) is 5.91 Å².